The molecule has 0 spiro atoms. The minimum absolute atomic E-state index is 0.0995. The van der Waals surface area contributed by atoms with Crippen LogP contribution in [0.15, 0.2) is 54.9 Å². The third kappa shape index (κ3) is 3.55. The van der Waals surface area contributed by atoms with E-state index in [2.05, 4.69) is 9.97 Å². The molecule has 0 aliphatic rings. The first-order valence-corrected chi connectivity index (χ1v) is 8.70. The van der Waals surface area contributed by atoms with Crippen LogP contribution in [0.25, 0.3) is 21.9 Å². The number of thiazole rings is 1. The van der Waals surface area contributed by atoms with E-state index in [0.717, 1.165) is 20.9 Å². The molecular formula is C18H12ClN3O2S. The number of halogens is 1. The number of hydrogen-bond acceptors (Lipinski definition) is 5. The highest BCUT2D eigenvalue weighted by atomic mass is 35.5. The van der Waals surface area contributed by atoms with Crippen LogP contribution in [0.1, 0.15) is 10.7 Å². The number of benzene rings is 1. The summed E-state index contributed by atoms with van der Waals surface area (Å²) in [6.07, 6.45) is 6.58. The van der Waals surface area contributed by atoms with Gasteiger partial charge in [0.15, 0.2) is 0 Å². The summed E-state index contributed by atoms with van der Waals surface area (Å²) in [5.41, 5.74) is 2.33. The number of esters is 1. The summed E-state index contributed by atoms with van der Waals surface area (Å²) in [5.74, 6) is -0.436. The Balaban J connectivity index is 1.40. The van der Waals surface area contributed by atoms with E-state index < -0.39 is 5.97 Å². The molecule has 7 heteroatoms. The Bertz CT molecular complexity index is 1070. The smallest absolute Gasteiger partial charge is 0.331 e. The van der Waals surface area contributed by atoms with Gasteiger partial charge in [0.2, 0.25) is 0 Å². The van der Waals surface area contributed by atoms with Gasteiger partial charge in [-0.1, -0.05) is 23.7 Å². The summed E-state index contributed by atoms with van der Waals surface area (Å²) >= 11 is 7.46. The predicted molar refractivity (Wildman–Crippen MR) is 98.7 cm³/mol. The number of rotatable bonds is 4. The molecule has 3 aromatic heterocycles. The molecule has 3 heterocycles. The van der Waals surface area contributed by atoms with Crippen LogP contribution in [0.2, 0.25) is 5.02 Å². The standard InChI is InChI=1S/C18H12ClN3O2S/c19-12-5-6-16-20-13(10-22(16)9-12)11-24-18(23)8-7-17-21-14-3-1-2-4-15(14)25-17/h1-10H,11H2/b8-7+. The minimum atomic E-state index is -0.436. The Labute approximate surface area is 152 Å². The largest absolute Gasteiger partial charge is 0.456 e. The van der Waals surface area contributed by atoms with Crippen molar-refractivity contribution in [1.29, 1.82) is 0 Å². The van der Waals surface area contributed by atoms with E-state index in [1.807, 2.05) is 24.3 Å². The van der Waals surface area contributed by atoms with Crippen molar-refractivity contribution in [1.82, 2.24) is 14.4 Å². The van der Waals surface area contributed by atoms with Crippen molar-refractivity contribution in [3.8, 4) is 0 Å². The molecule has 0 atom stereocenters. The summed E-state index contributed by atoms with van der Waals surface area (Å²) in [7, 11) is 0. The van der Waals surface area contributed by atoms with Gasteiger partial charge in [-0.2, -0.15) is 0 Å². The summed E-state index contributed by atoms with van der Waals surface area (Å²) in [6.45, 7) is 0.0995. The van der Waals surface area contributed by atoms with Crippen LogP contribution in [0.5, 0.6) is 0 Å². The van der Waals surface area contributed by atoms with Crippen molar-refractivity contribution in [2.24, 2.45) is 0 Å². The molecule has 5 nitrogen and oxygen atoms in total. The Morgan fingerprint density at radius 3 is 2.96 bits per heavy atom. The number of pyridine rings is 1. The number of fused-ring (bicyclic) bond motifs is 2. The van der Waals surface area contributed by atoms with Crippen LogP contribution >= 0.6 is 22.9 Å². The summed E-state index contributed by atoms with van der Waals surface area (Å²) in [4.78, 5) is 20.7. The summed E-state index contributed by atoms with van der Waals surface area (Å²) < 4.78 is 8.10. The monoisotopic (exact) mass is 369 g/mol. The minimum Gasteiger partial charge on any atom is -0.456 e. The van der Waals surface area contributed by atoms with E-state index in [1.165, 1.54) is 17.4 Å². The molecule has 0 fully saturated rings. The number of carbonyl (C=O) groups excluding carboxylic acids is 1. The number of hydrogen-bond donors (Lipinski definition) is 0. The second kappa shape index (κ2) is 6.66. The number of nitrogens with zero attached hydrogens (tertiary/aromatic N) is 3. The molecule has 0 aliphatic carbocycles. The predicted octanol–water partition coefficient (Wildman–Crippen LogP) is 4.35. The quantitative estimate of drug-likeness (QED) is 0.396. The second-order valence-electron chi connectivity index (χ2n) is 5.31. The van der Waals surface area contributed by atoms with Gasteiger partial charge < -0.3 is 9.14 Å². The number of aromatic nitrogens is 3. The van der Waals surface area contributed by atoms with Crippen molar-refractivity contribution in [3.63, 3.8) is 0 Å². The first kappa shape index (κ1) is 15.8. The molecule has 124 valence electrons. The molecule has 25 heavy (non-hydrogen) atoms. The third-order valence-corrected chi connectivity index (χ3v) is 4.72. The van der Waals surface area contributed by atoms with Gasteiger partial charge in [-0.25, -0.2) is 14.8 Å². The summed E-state index contributed by atoms with van der Waals surface area (Å²) in [5, 5.41) is 1.38. The van der Waals surface area contributed by atoms with Gasteiger partial charge in [0.25, 0.3) is 0 Å². The highest BCUT2D eigenvalue weighted by molar-refractivity contribution is 7.19. The molecule has 0 amide bonds. The Morgan fingerprint density at radius 1 is 1.20 bits per heavy atom. The zero-order valence-electron chi connectivity index (χ0n) is 12.9. The topological polar surface area (TPSA) is 56.5 Å². The molecule has 0 unspecified atom stereocenters. The van der Waals surface area contributed by atoms with Crippen LogP contribution < -0.4 is 0 Å². The zero-order chi connectivity index (χ0) is 17.2. The molecule has 0 radical (unpaired) electrons. The third-order valence-electron chi connectivity index (χ3n) is 3.50. The van der Waals surface area contributed by atoms with E-state index in [1.54, 1.807) is 35.0 Å². The molecule has 4 rings (SSSR count). The maximum absolute atomic E-state index is 11.9. The van der Waals surface area contributed by atoms with Gasteiger partial charge >= 0.3 is 5.97 Å². The lowest BCUT2D eigenvalue weighted by Crippen LogP contribution is -2.00. The number of para-hydroxylation sites is 1. The van der Waals surface area contributed by atoms with Crippen LogP contribution in [0.4, 0.5) is 0 Å². The van der Waals surface area contributed by atoms with Crippen molar-refractivity contribution < 1.29 is 9.53 Å². The van der Waals surface area contributed by atoms with Crippen molar-refractivity contribution >= 4 is 50.8 Å². The lowest BCUT2D eigenvalue weighted by molar-refractivity contribution is -0.139. The Kier molecular flexibility index (Phi) is 4.21. The summed E-state index contributed by atoms with van der Waals surface area (Å²) in [6, 6.07) is 11.4. The van der Waals surface area contributed by atoms with Gasteiger partial charge in [0.1, 0.15) is 17.3 Å². The average Bonchev–Trinajstić information content (AvgIpc) is 3.20. The van der Waals surface area contributed by atoms with E-state index in [4.69, 9.17) is 16.3 Å². The lowest BCUT2D eigenvalue weighted by atomic mass is 10.3. The van der Waals surface area contributed by atoms with Gasteiger partial charge in [0, 0.05) is 18.5 Å². The van der Waals surface area contributed by atoms with Crippen molar-refractivity contribution in [3.05, 3.63) is 70.6 Å². The molecule has 0 aliphatic heterocycles. The molecular weight excluding hydrogens is 358 g/mol. The fourth-order valence-electron chi connectivity index (χ4n) is 2.38. The fraction of sp³-hybridized carbons (Fsp3) is 0.0556. The van der Waals surface area contributed by atoms with Crippen molar-refractivity contribution in [2.45, 2.75) is 6.61 Å². The zero-order valence-corrected chi connectivity index (χ0v) is 14.5. The first-order valence-electron chi connectivity index (χ1n) is 7.51. The van der Waals surface area contributed by atoms with E-state index >= 15 is 0 Å². The number of imidazole rings is 1. The van der Waals surface area contributed by atoms with Gasteiger partial charge in [-0.05, 0) is 30.3 Å². The number of ether oxygens (including phenoxy) is 1. The lowest BCUT2D eigenvalue weighted by Gasteiger charge is -1.97. The number of carbonyl (C=O) groups is 1. The van der Waals surface area contributed by atoms with Crippen LogP contribution in [0, 0.1) is 0 Å². The second-order valence-corrected chi connectivity index (χ2v) is 6.80. The molecule has 1 aromatic carbocycles. The fourth-order valence-corrected chi connectivity index (χ4v) is 3.42. The van der Waals surface area contributed by atoms with E-state index in [0.29, 0.717) is 10.7 Å². The van der Waals surface area contributed by atoms with Gasteiger partial charge in [-0.3, -0.25) is 0 Å². The van der Waals surface area contributed by atoms with Crippen LogP contribution in [-0.4, -0.2) is 20.3 Å². The maximum atomic E-state index is 11.9. The maximum Gasteiger partial charge on any atom is 0.331 e. The molecule has 0 bridgehead atoms. The SMILES string of the molecule is O=C(/C=C/c1nc2ccccc2s1)OCc1cn2cc(Cl)ccc2n1. The molecule has 0 saturated heterocycles. The first-order chi connectivity index (χ1) is 12.2. The highest BCUT2D eigenvalue weighted by Crippen LogP contribution is 2.22. The van der Waals surface area contributed by atoms with Gasteiger partial charge in [0.05, 0.1) is 20.9 Å². The highest BCUT2D eigenvalue weighted by Gasteiger charge is 2.05. The average molecular weight is 370 g/mol. The van der Waals surface area contributed by atoms with Crippen LogP contribution in [0.3, 0.4) is 0 Å². The van der Waals surface area contributed by atoms with Crippen LogP contribution in [-0.2, 0) is 16.1 Å². The Morgan fingerprint density at radius 2 is 2.08 bits per heavy atom. The molecule has 4 aromatic rings. The van der Waals surface area contributed by atoms with Crippen molar-refractivity contribution in [2.75, 3.05) is 0 Å². The van der Waals surface area contributed by atoms with E-state index in [9.17, 15) is 4.79 Å². The molecule has 0 saturated carbocycles. The van der Waals surface area contributed by atoms with Gasteiger partial charge in [-0.15, -0.1) is 11.3 Å². The van der Waals surface area contributed by atoms with E-state index in [-0.39, 0.29) is 6.61 Å². The molecule has 0 N–H and O–H groups in total. The Hall–Kier alpha value is -2.70. The normalized spacial score (nSPS) is 11.6.